The highest BCUT2D eigenvalue weighted by Crippen LogP contribution is 2.23. The number of rotatable bonds is 10. The van der Waals surface area contributed by atoms with Crippen LogP contribution < -0.4 is 0 Å². The van der Waals surface area contributed by atoms with Gasteiger partial charge in [-0.3, -0.25) is 4.79 Å². The Labute approximate surface area is 122 Å². The Kier molecular flexibility index (Phi) is 8.25. The van der Waals surface area contributed by atoms with Crippen LogP contribution >= 0.6 is 22.9 Å². The molecule has 1 rings (SSSR count). The van der Waals surface area contributed by atoms with Crippen LogP contribution in [-0.4, -0.2) is 45.4 Å². The molecule has 1 aromatic heterocycles. The van der Waals surface area contributed by atoms with E-state index in [2.05, 4.69) is 0 Å². The molecule has 0 fully saturated rings. The van der Waals surface area contributed by atoms with Crippen LogP contribution in [0.25, 0.3) is 0 Å². The third kappa shape index (κ3) is 6.49. The minimum absolute atomic E-state index is 0.0451. The van der Waals surface area contributed by atoms with Crippen molar-refractivity contribution in [2.75, 3.05) is 33.5 Å². The average molecular weight is 307 g/mol. The van der Waals surface area contributed by atoms with E-state index < -0.39 is 6.10 Å². The number of carbonyl (C=O) groups excluding carboxylic acids is 1. The molecule has 6 heteroatoms. The number of ketones is 1. The first-order valence-electron chi connectivity index (χ1n) is 6.13. The Balaban J connectivity index is 2.14. The second kappa shape index (κ2) is 9.44. The van der Waals surface area contributed by atoms with Crippen molar-refractivity contribution in [1.29, 1.82) is 0 Å². The Hall–Kier alpha value is -0.460. The molecule has 1 unspecified atom stereocenters. The van der Waals surface area contributed by atoms with Gasteiger partial charge in [-0.1, -0.05) is 11.6 Å². The van der Waals surface area contributed by atoms with Gasteiger partial charge in [0.2, 0.25) is 5.78 Å². The number of hydrogen-bond donors (Lipinski definition) is 0. The molecule has 4 nitrogen and oxygen atoms in total. The standard InChI is InChI=1S/C13H19ClO4S/c1-10(13(15)11-4-5-12(14)19-11)18-9-8-17-7-3-6-16-2/h4-5,10H,3,6-9H2,1-2H3. The lowest BCUT2D eigenvalue weighted by atomic mass is 10.2. The first-order valence-corrected chi connectivity index (χ1v) is 7.32. The van der Waals surface area contributed by atoms with Gasteiger partial charge in [0, 0.05) is 20.3 Å². The monoisotopic (exact) mass is 306 g/mol. The minimum atomic E-state index is -0.475. The van der Waals surface area contributed by atoms with Gasteiger partial charge in [-0.2, -0.15) is 0 Å². The number of methoxy groups -OCH3 is 1. The summed E-state index contributed by atoms with van der Waals surface area (Å²) in [5, 5.41) is 0. The van der Waals surface area contributed by atoms with E-state index in [0.29, 0.717) is 35.6 Å². The molecule has 0 aromatic carbocycles. The SMILES string of the molecule is COCCCOCCOC(C)C(=O)c1ccc(Cl)s1. The van der Waals surface area contributed by atoms with Crippen LogP contribution in [0.2, 0.25) is 4.34 Å². The molecule has 19 heavy (non-hydrogen) atoms. The summed E-state index contributed by atoms with van der Waals surface area (Å²) in [5.41, 5.74) is 0. The van der Waals surface area contributed by atoms with Crippen LogP contribution in [0.1, 0.15) is 23.0 Å². The quantitative estimate of drug-likeness (QED) is 0.492. The molecule has 0 spiro atoms. The minimum Gasteiger partial charge on any atom is -0.385 e. The highest BCUT2D eigenvalue weighted by Gasteiger charge is 2.17. The molecule has 0 saturated carbocycles. The van der Waals surface area contributed by atoms with Crippen LogP contribution in [0.15, 0.2) is 12.1 Å². The maximum Gasteiger partial charge on any atom is 0.201 e. The molecule has 0 saturated heterocycles. The molecule has 1 heterocycles. The number of halogens is 1. The normalized spacial score (nSPS) is 12.6. The van der Waals surface area contributed by atoms with Crippen LogP contribution in [0.4, 0.5) is 0 Å². The van der Waals surface area contributed by atoms with Crippen LogP contribution in [-0.2, 0) is 14.2 Å². The molecule has 0 aliphatic heterocycles. The smallest absolute Gasteiger partial charge is 0.201 e. The third-order valence-electron chi connectivity index (χ3n) is 2.42. The molecule has 0 aliphatic rings. The highest BCUT2D eigenvalue weighted by atomic mass is 35.5. The summed E-state index contributed by atoms with van der Waals surface area (Å²) < 4.78 is 16.3. The van der Waals surface area contributed by atoms with Gasteiger partial charge < -0.3 is 14.2 Å². The summed E-state index contributed by atoms with van der Waals surface area (Å²) in [6.45, 7) is 3.95. The fourth-order valence-corrected chi connectivity index (χ4v) is 2.48. The second-order valence-corrected chi connectivity index (χ2v) is 5.65. The number of ether oxygens (including phenoxy) is 3. The van der Waals surface area contributed by atoms with Gasteiger partial charge in [0.25, 0.3) is 0 Å². The molecule has 1 atom stereocenters. The molecular weight excluding hydrogens is 288 g/mol. The van der Waals surface area contributed by atoms with Crippen molar-refractivity contribution in [2.45, 2.75) is 19.4 Å². The van der Waals surface area contributed by atoms with Gasteiger partial charge in [0.1, 0.15) is 6.10 Å². The number of hydrogen-bond acceptors (Lipinski definition) is 5. The molecule has 0 radical (unpaired) electrons. The lowest BCUT2D eigenvalue weighted by molar-refractivity contribution is 0.0117. The molecule has 0 amide bonds. The maximum atomic E-state index is 11.9. The van der Waals surface area contributed by atoms with E-state index in [1.165, 1.54) is 11.3 Å². The van der Waals surface area contributed by atoms with Crippen molar-refractivity contribution in [3.8, 4) is 0 Å². The van der Waals surface area contributed by atoms with E-state index in [9.17, 15) is 4.79 Å². The molecule has 1 aromatic rings. The van der Waals surface area contributed by atoms with Crippen molar-refractivity contribution >= 4 is 28.7 Å². The predicted molar refractivity (Wildman–Crippen MR) is 76.4 cm³/mol. The zero-order chi connectivity index (χ0) is 14.1. The van der Waals surface area contributed by atoms with Crippen molar-refractivity contribution in [3.63, 3.8) is 0 Å². The van der Waals surface area contributed by atoms with E-state index in [-0.39, 0.29) is 5.78 Å². The summed E-state index contributed by atoms with van der Waals surface area (Å²) in [6.07, 6.45) is 0.385. The molecule has 108 valence electrons. The van der Waals surface area contributed by atoms with Gasteiger partial charge in [0.15, 0.2) is 0 Å². The predicted octanol–water partition coefficient (Wildman–Crippen LogP) is 3.04. The molecular formula is C13H19ClO4S. The number of Topliss-reactive ketones (excluding diaryl/α,β-unsaturated/α-hetero) is 1. The summed E-state index contributed by atoms with van der Waals surface area (Å²) in [7, 11) is 1.66. The fourth-order valence-electron chi connectivity index (χ4n) is 1.41. The van der Waals surface area contributed by atoms with Crippen molar-refractivity contribution in [1.82, 2.24) is 0 Å². The largest absolute Gasteiger partial charge is 0.385 e. The Bertz CT molecular complexity index is 380. The van der Waals surface area contributed by atoms with Gasteiger partial charge in [-0.15, -0.1) is 11.3 Å². The summed E-state index contributed by atoms with van der Waals surface area (Å²) in [4.78, 5) is 12.6. The fraction of sp³-hybridized carbons (Fsp3) is 0.615. The van der Waals surface area contributed by atoms with Crippen molar-refractivity contribution in [2.24, 2.45) is 0 Å². The molecule has 0 N–H and O–H groups in total. The van der Waals surface area contributed by atoms with E-state index in [1.54, 1.807) is 26.2 Å². The zero-order valence-corrected chi connectivity index (χ0v) is 12.8. The van der Waals surface area contributed by atoms with Gasteiger partial charge in [-0.05, 0) is 25.5 Å². The molecule has 0 aliphatic carbocycles. The van der Waals surface area contributed by atoms with Crippen molar-refractivity contribution in [3.05, 3.63) is 21.3 Å². The summed E-state index contributed by atoms with van der Waals surface area (Å²) in [6, 6.07) is 3.43. The van der Waals surface area contributed by atoms with Gasteiger partial charge >= 0.3 is 0 Å². The van der Waals surface area contributed by atoms with Gasteiger partial charge in [0.05, 0.1) is 22.4 Å². The lowest BCUT2D eigenvalue weighted by Crippen LogP contribution is -2.22. The van der Waals surface area contributed by atoms with Crippen LogP contribution in [0.5, 0.6) is 0 Å². The highest BCUT2D eigenvalue weighted by molar-refractivity contribution is 7.18. The second-order valence-electron chi connectivity index (χ2n) is 3.94. The zero-order valence-electron chi connectivity index (χ0n) is 11.2. The van der Waals surface area contributed by atoms with E-state index in [1.807, 2.05) is 0 Å². The maximum absolute atomic E-state index is 11.9. The van der Waals surface area contributed by atoms with Crippen LogP contribution in [0.3, 0.4) is 0 Å². The Morgan fingerprint density at radius 3 is 2.74 bits per heavy atom. The van der Waals surface area contributed by atoms with E-state index in [0.717, 1.165) is 6.42 Å². The Morgan fingerprint density at radius 2 is 2.11 bits per heavy atom. The van der Waals surface area contributed by atoms with Gasteiger partial charge in [-0.25, -0.2) is 0 Å². The summed E-state index contributed by atoms with van der Waals surface area (Å²) in [5.74, 6) is -0.0451. The lowest BCUT2D eigenvalue weighted by Gasteiger charge is -2.11. The molecule has 0 bridgehead atoms. The van der Waals surface area contributed by atoms with Crippen molar-refractivity contribution < 1.29 is 19.0 Å². The first kappa shape index (κ1) is 16.6. The summed E-state index contributed by atoms with van der Waals surface area (Å²) >= 11 is 7.06. The Morgan fingerprint density at radius 1 is 1.32 bits per heavy atom. The first-order chi connectivity index (χ1) is 9.15. The van der Waals surface area contributed by atoms with E-state index >= 15 is 0 Å². The number of carbonyl (C=O) groups is 1. The topological polar surface area (TPSA) is 44.8 Å². The third-order valence-corrected chi connectivity index (χ3v) is 3.66. The van der Waals surface area contributed by atoms with Crippen LogP contribution in [0, 0.1) is 0 Å². The average Bonchev–Trinajstić information content (AvgIpc) is 2.83. The number of thiophene rings is 1. The van der Waals surface area contributed by atoms with E-state index in [4.69, 9.17) is 25.8 Å².